The van der Waals surface area contributed by atoms with Gasteiger partial charge in [0.2, 0.25) is 0 Å². The van der Waals surface area contributed by atoms with Gasteiger partial charge in [0.25, 0.3) is 5.91 Å². The third-order valence-electron chi connectivity index (χ3n) is 6.12. The van der Waals surface area contributed by atoms with Crippen LogP contribution in [-0.2, 0) is 11.2 Å². The molecule has 0 saturated carbocycles. The summed E-state index contributed by atoms with van der Waals surface area (Å²) in [6.07, 6.45) is 3.61. The molecule has 7 heteroatoms. The third kappa shape index (κ3) is 3.82. The second-order valence-electron chi connectivity index (χ2n) is 8.13. The Morgan fingerprint density at radius 3 is 2.50 bits per heavy atom. The molecule has 32 heavy (non-hydrogen) atoms. The number of aromatic nitrogens is 2. The largest absolute Gasteiger partial charge is 0.454 e. The average Bonchev–Trinajstić information content (AvgIpc) is 2.84. The first-order chi connectivity index (χ1) is 15.6. The van der Waals surface area contributed by atoms with Gasteiger partial charge in [-0.05, 0) is 36.2 Å². The number of esters is 1. The van der Waals surface area contributed by atoms with E-state index in [0.29, 0.717) is 43.7 Å². The van der Waals surface area contributed by atoms with Crippen LogP contribution < -0.4 is 4.90 Å². The molecule has 3 aromatic rings. The monoisotopic (exact) mass is 428 g/mol. The minimum atomic E-state index is -0.341. The fourth-order valence-electron chi connectivity index (χ4n) is 4.40. The molecule has 0 radical (unpaired) electrons. The van der Waals surface area contributed by atoms with Crippen LogP contribution in [0.15, 0.2) is 60.9 Å². The molecule has 0 N–H and O–H groups in total. The fraction of sp³-hybridized carbons (Fsp3) is 0.280. The molecule has 3 heterocycles. The van der Waals surface area contributed by atoms with Crippen molar-refractivity contribution in [3.8, 4) is 0 Å². The highest BCUT2D eigenvalue weighted by molar-refractivity contribution is 5.98. The normalized spacial score (nSPS) is 18.2. The van der Waals surface area contributed by atoms with Crippen molar-refractivity contribution >= 4 is 17.7 Å². The average molecular weight is 428 g/mol. The molecular weight excluding hydrogens is 404 g/mol. The van der Waals surface area contributed by atoms with Crippen molar-refractivity contribution < 1.29 is 14.3 Å². The number of ether oxygens (including phenoxy) is 1. The molecule has 5 rings (SSSR count). The molecule has 0 spiro atoms. The Bertz CT molecular complexity index is 1160. The Labute approximate surface area is 186 Å². The first-order valence-electron chi connectivity index (χ1n) is 10.8. The zero-order valence-corrected chi connectivity index (χ0v) is 17.9. The van der Waals surface area contributed by atoms with E-state index in [2.05, 4.69) is 14.9 Å². The van der Waals surface area contributed by atoms with Crippen LogP contribution in [0.4, 0.5) is 5.82 Å². The molecular formula is C25H24N4O3. The number of anilines is 1. The number of carbonyl (C=O) groups is 2. The van der Waals surface area contributed by atoms with Crippen LogP contribution in [0, 0.1) is 6.92 Å². The van der Waals surface area contributed by atoms with Gasteiger partial charge in [0.05, 0.1) is 11.3 Å². The van der Waals surface area contributed by atoms with E-state index in [-0.39, 0.29) is 18.0 Å². The van der Waals surface area contributed by atoms with Crippen molar-refractivity contribution in [2.75, 3.05) is 31.1 Å². The molecule has 2 aliphatic heterocycles. The zero-order valence-electron chi connectivity index (χ0n) is 17.9. The molecule has 0 aliphatic carbocycles. The number of amides is 1. The molecule has 2 aliphatic rings. The number of hydrogen-bond acceptors (Lipinski definition) is 6. The van der Waals surface area contributed by atoms with Crippen LogP contribution in [0.5, 0.6) is 0 Å². The summed E-state index contributed by atoms with van der Waals surface area (Å²) in [6, 6.07) is 15.0. The van der Waals surface area contributed by atoms with Crippen LogP contribution in [0.25, 0.3) is 0 Å². The van der Waals surface area contributed by atoms with Gasteiger partial charge in [0.1, 0.15) is 11.9 Å². The summed E-state index contributed by atoms with van der Waals surface area (Å²) in [5.41, 5.74) is 3.85. The molecule has 1 unspecified atom stereocenters. The van der Waals surface area contributed by atoms with Gasteiger partial charge < -0.3 is 14.5 Å². The topological polar surface area (TPSA) is 75.6 Å². The van der Waals surface area contributed by atoms with Gasteiger partial charge in [-0.1, -0.05) is 30.3 Å². The van der Waals surface area contributed by atoms with Crippen LogP contribution in [0.1, 0.15) is 43.6 Å². The number of benzene rings is 2. The first-order valence-corrected chi connectivity index (χ1v) is 10.8. The molecule has 1 aromatic heterocycles. The van der Waals surface area contributed by atoms with E-state index in [0.717, 1.165) is 22.6 Å². The summed E-state index contributed by atoms with van der Waals surface area (Å²) in [5, 5.41) is 0. The van der Waals surface area contributed by atoms with E-state index >= 15 is 0 Å². The maximum atomic E-state index is 13.2. The number of piperazine rings is 1. The minimum Gasteiger partial charge on any atom is -0.454 e. The van der Waals surface area contributed by atoms with E-state index in [1.165, 1.54) is 0 Å². The van der Waals surface area contributed by atoms with E-state index in [1.54, 1.807) is 24.5 Å². The predicted molar refractivity (Wildman–Crippen MR) is 120 cm³/mol. The number of rotatable bonds is 3. The highest BCUT2D eigenvalue weighted by Crippen LogP contribution is 2.31. The van der Waals surface area contributed by atoms with E-state index < -0.39 is 0 Å². The van der Waals surface area contributed by atoms with Gasteiger partial charge in [-0.3, -0.25) is 9.78 Å². The van der Waals surface area contributed by atoms with Crippen LogP contribution >= 0.6 is 0 Å². The molecule has 1 amide bonds. The van der Waals surface area contributed by atoms with Crippen LogP contribution in [-0.4, -0.2) is 52.9 Å². The highest BCUT2D eigenvalue weighted by Gasteiger charge is 2.29. The van der Waals surface area contributed by atoms with Crippen molar-refractivity contribution in [3.63, 3.8) is 0 Å². The Morgan fingerprint density at radius 2 is 1.75 bits per heavy atom. The Morgan fingerprint density at radius 1 is 1.00 bits per heavy atom. The van der Waals surface area contributed by atoms with Gasteiger partial charge in [0.15, 0.2) is 0 Å². The Balaban J connectivity index is 1.31. The highest BCUT2D eigenvalue weighted by atomic mass is 16.5. The lowest BCUT2D eigenvalue weighted by atomic mass is 9.93. The van der Waals surface area contributed by atoms with Gasteiger partial charge in [-0.2, -0.15) is 0 Å². The molecule has 1 fully saturated rings. The van der Waals surface area contributed by atoms with Gasteiger partial charge in [-0.25, -0.2) is 9.78 Å². The molecule has 1 saturated heterocycles. The zero-order chi connectivity index (χ0) is 22.1. The maximum absolute atomic E-state index is 13.2. The second kappa shape index (κ2) is 8.42. The third-order valence-corrected chi connectivity index (χ3v) is 6.12. The number of hydrogen-bond donors (Lipinski definition) is 0. The van der Waals surface area contributed by atoms with Crippen molar-refractivity contribution in [3.05, 3.63) is 88.9 Å². The van der Waals surface area contributed by atoms with E-state index in [9.17, 15) is 9.59 Å². The van der Waals surface area contributed by atoms with Gasteiger partial charge in [-0.15, -0.1) is 0 Å². The second-order valence-corrected chi connectivity index (χ2v) is 8.13. The van der Waals surface area contributed by atoms with Crippen molar-refractivity contribution in [1.29, 1.82) is 0 Å². The van der Waals surface area contributed by atoms with Gasteiger partial charge in [0, 0.05) is 50.6 Å². The summed E-state index contributed by atoms with van der Waals surface area (Å²) in [7, 11) is 0. The summed E-state index contributed by atoms with van der Waals surface area (Å²) in [4.78, 5) is 38.5. The maximum Gasteiger partial charge on any atom is 0.339 e. The lowest BCUT2D eigenvalue weighted by molar-refractivity contribution is 0.0252. The van der Waals surface area contributed by atoms with Crippen LogP contribution in [0.2, 0.25) is 0 Å². The van der Waals surface area contributed by atoms with E-state index in [4.69, 9.17) is 4.74 Å². The standard InChI is InChI=1S/C25H24N4O3/c1-17-23(27-10-9-26-17)28-11-13-29(14-12-28)24(30)19-7-8-21-20(15-19)16-22(32-25(21)31)18-5-3-2-4-6-18/h2-10,15,22H,11-14,16H2,1H3. The molecule has 1 atom stereocenters. The van der Waals surface area contributed by atoms with Gasteiger partial charge >= 0.3 is 5.97 Å². The lowest BCUT2D eigenvalue weighted by Crippen LogP contribution is -2.49. The molecule has 7 nitrogen and oxygen atoms in total. The molecule has 162 valence electrons. The Hall–Kier alpha value is -3.74. The van der Waals surface area contributed by atoms with Crippen molar-refractivity contribution in [2.24, 2.45) is 0 Å². The summed E-state index contributed by atoms with van der Waals surface area (Å²) >= 11 is 0. The number of carbonyl (C=O) groups excluding carboxylic acids is 2. The number of aryl methyl sites for hydroxylation is 1. The first kappa shape index (κ1) is 20.2. The molecule has 0 bridgehead atoms. The predicted octanol–water partition coefficient (Wildman–Crippen LogP) is 3.20. The summed E-state index contributed by atoms with van der Waals surface area (Å²) in [5.74, 6) is 0.518. The SMILES string of the molecule is Cc1nccnc1N1CCN(C(=O)c2ccc3c(c2)CC(c2ccccc2)OC3=O)CC1. The molecule has 2 aromatic carbocycles. The summed E-state index contributed by atoms with van der Waals surface area (Å²) < 4.78 is 5.63. The Kier molecular flexibility index (Phi) is 5.31. The van der Waals surface area contributed by atoms with Crippen LogP contribution in [0.3, 0.4) is 0 Å². The number of cyclic esters (lactones) is 1. The lowest BCUT2D eigenvalue weighted by Gasteiger charge is -2.36. The number of fused-ring (bicyclic) bond motifs is 1. The van der Waals surface area contributed by atoms with Crippen molar-refractivity contribution in [1.82, 2.24) is 14.9 Å². The number of nitrogens with zero attached hydrogens (tertiary/aromatic N) is 4. The smallest absolute Gasteiger partial charge is 0.339 e. The fourth-order valence-corrected chi connectivity index (χ4v) is 4.40. The van der Waals surface area contributed by atoms with E-state index in [1.807, 2.05) is 48.2 Å². The minimum absolute atomic E-state index is 0.0153. The quantitative estimate of drug-likeness (QED) is 0.597. The summed E-state index contributed by atoms with van der Waals surface area (Å²) in [6.45, 7) is 4.58. The van der Waals surface area contributed by atoms with Crippen molar-refractivity contribution in [2.45, 2.75) is 19.4 Å².